The third kappa shape index (κ3) is 2.38. The second-order valence-electron chi connectivity index (χ2n) is 5.38. The van der Waals surface area contributed by atoms with E-state index in [4.69, 9.17) is 9.47 Å². The van der Waals surface area contributed by atoms with Gasteiger partial charge in [-0.2, -0.15) is 0 Å². The summed E-state index contributed by atoms with van der Waals surface area (Å²) >= 11 is 0. The van der Waals surface area contributed by atoms with Crippen LogP contribution in [0.3, 0.4) is 0 Å². The first-order valence-corrected chi connectivity index (χ1v) is 7.25. The van der Waals surface area contributed by atoms with Gasteiger partial charge in [0.05, 0.1) is 14.2 Å². The highest BCUT2D eigenvalue weighted by atomic mass is 16.5. The number of hydrogen-bond donors (Lipinski definition) is 1. The van der Waals surface area contributed by atoms with Gasteiger partial charge in [0.2, 0.25) is 0 Å². The van der Waals surface area contributed by atoms with Crippen molar-refractivity contribution in [2.24, 2.45) is 0 Å². The van der Waals surface area contributed by atoms with E-state index in [9.17, 15) is 0 Å². The predicted octanol–water partition coefficient (Wildman–Crippen LogP) is 3.30. The van der Waals surface area contributed by atoms with Crippen LogP contribution in [-0.2, 0) is 6.42 Å². The Balaban J connectivity index is 1.98. The van der Waals surface area contributed by atoms with Gasteiger partial charge in [0, 0.05) is 17.5 Å². The maximum Gasteiger partial charge on any atom is 0.123 e. The molecule has 110 valence electrons. The second-order valence-corrected chi connectivity index (χ2v) is 5.38. The molecular weight excluding hydrogens is 262 g/mol. The molecule has 0 bridgehead atoms. The molecule has 0 aromatic heterocycles. The van der Waals surface area contributed by atoms with Crippen molar-refractivity contribution in [3.63, 3.8) is 0 Å². The van der Waals surface area contributed by atoms with Gasteiger partial charge in [-0.15, -0.1) is 0 Å². The molecule has 0 amide bonds. The van der Waals surface area contributed by atoms with Crippen molar-refractivity contribution in [3.8, 4) is 11.5 Å². The predicted molar refractivity (Wildman–Crippen MR) is 84.2 cm³/mol. The molecule has 1 aliphatic carbocycles. The first-order chi connectivity index (χ1) is 10.3. The van der Waals surface area contributed by atoms with E-state index in [1.54, 1.807) is 14.2 Å². The van der Waals surface area contributed by atoms with Crippen molar-refractivity contribution in [2.75, 3.05) is 21.3 Å². The van der Waals surface area contributed by atoms with Crippen LogP contribution in [0, 0.1) is 0 Å². The van der Waals surface area contributed by atoms with E-state index in [1.165, 1.54) is 11.1 Å². The molecule has 2 unspecified atom stereocenters. The van der Waals surface area contributed by atoms with Crippen LogP contribution in [0.15, 0.2) is 42.5 Å². The van der Waals surface area contributed by atoms with E-state index in [0.29, 0.717) is 5.92 Å². The number of hydrogen-bond acceptors (Lipinski definition) is 3. The molecule has 3 heteroatoms. The number of ether oxygens (including phenoxy) is 2. The Bertz CT molecular complexity index is 639. The van der Waals surface area contributed by atoms with Crippen molar-refractivity contribution in [1.29, 1.82) is 0 Å². The van der Waals surface area contributed by atoms with Crippen LogP contribution in [0.2, 0.25) is 0 Å². The zero-order valence-corrected chi connectivity index (χ0v) is 12.7. The number of rotatable bonds is 5. The topological polar surface area (TPSA) is 30.5 Å². The number of fused-ring (bicyclic) bond motifs is 1. The minimum atomic E-state index is 0.227. The standard InChI is InChI=1S/C18H21NO2/c1-19-18(15-10-12-6-4-5-7-14(12)15)16-11-13(20-2)8-9-17(16)21-3/h4-9,11,15,18-19H,10H2,1-3H3. The summed E-state index contributed by atoms with van der Waals surface area (Å²) in [6, 6.07) is 14.9. The van der Waals surface area contributed by atoms with Gasteiger partial charge >= 0.3 is 0 Å². The zero-order chi connectivity index (χ0) is 14.8. The van der Waals surface area contributed by atoms with Gasteiger partial charge in [-0.05, 0) is 42.8 Å². The molecule has 2 aromatic rings. The molecule has 0 spiro atoms. The quantitative estimate of drug-likeness (QED) is 0.913. The van der Waals surface area contributed by atoms with Gasteiger partial charge in [-0.25, -0.2) is 0 Å². The monoisotopic (exact) mass is 283 g/mol. The molecule has 21 heavy (non-hydrogen) atoms. The SMILES string of the molecule is CNC(c1cc(OC)ccc1OC)C1Cc2ccccc21. The number of nitrogens with one attached hydrogen (secondary N) is 1. The molecule has 0 radical (unpaired) electrons. The zero-order valence-electron chi connectivity index (χ0n) is 12.7. The summed E-state index contributed by atoms with van der Waals surface area (Å²) in [7, 11) is 5.41. The highest BCUT2D eigenvalue weighted by Crippen LogP contribution is 2.45. The smallest absolute Gasteiger partial charge is 0.123 e. The first-order valence-electron chi connectivity index (χ1n) is 7.25. The Morgan fingerprint density at radius 2 is 1.90 bits per heavy atom. The summed E-state index contributed by atoms with van der Waals surface area (Å²) in [6.45, 7) is 0. The third-order valence-corrected chi connectivity index (χ3v) is 4.38. The number of benzene rings is 2. The third-order valence-electron chi connectivity index (χ3n) is 4.38. The molecule has 0 saturated heterocycles. The Labute approximate surface area is 125 Å². The maximum absolute atomic E-state index is 5.54. The van der Waals surface area contributed by atoms with Gasteiger partial charge in [0.1, 0.15) is 11.5 Å². The van der Waals surface area contributed by atoms with Crippen LogP contribution in [0.4, 0.5) is 0 Å². The minimum absolute atomic E-state index is 0.227. The lowest BCUT2D eigenvalue weighted by molar-refractivity contribution is 0.375. The van der Waals surface area contributed by atoms with Gasteiger partial charge in [0.25, 0.3) is 0 Å². The fraction of sp³-hybridized carbons (Fsp3) is 0.333. The average Bonchev–Trinajstić information content (AvgIpc) is 2.52. The van der Waals surface area contributed by atoms with E-state index in [-0.39, 0.29) is 6.04 Å². The van der Waals surface area contributed by atoms with Crippen molar-refractivity contribution >= 4 is 0 Å². The Kier molecular flexibility index (Phi) is 3.84. The van der Waals surface area contributed by atoms with Crippen LogP contribution in [0.1, 0.15) is 28.7 Å². The summed E-state index contributed by atoms with van der Waals surface area (Å²) < 4.78 is 10.9. The van der Waals surface area contributed by atoms with E-state index in [2.05, 4.69) is 35.6 Å². The first kappa shape index (κ1) is 14.0. The molecule has 1 aliphatic rings. The molecule has 2 aromatic carbocycles. The largest absolute Gasteiger partial charge is 0.497 e. The second kappa shape index (κ2) is 5.78. The molecule has 0 fully saturated rings. The van der Waals surface area contributed by atoms with E-state index < -0.39 is 0 Å². The van der Waals surface area contributed by atoms with Crippen LogP contribution < -0.4 is 14.8 Å². The van der Waals surface area contributed by atoms with Crippen molar-refractivity contribution in [1.82, 2.24) is 5.32 Å². The Morgan fingerprint density at radius 1 is 1.10 bits per heavy atom. The molecule has 0 aliphatic heterocycles. The number of likely N-dealkylation sites (N-methyl/N-ethyl adjacent to an activating group) is 1. The van der Waals surface area contributed by atoms with Crippen LogP contribution in [-0.4, -0.2) is 21.3 Å². The Hall–Kier alpha value is -2.00. The van der Waals surface area contributed by atoms with Crippen LogP contribution in [0.5, 0.6) is 11.5 Å². The fourth-order valence-electron chi connectivity index (χ4n) is 3.25. The van der Waals surface area contributed by atoms with Gasteiger partial charge < -0.3 is 14.8 Å². The number of methoxy groups -OCH3 is 2. The molecule has 1 N–H and O–H groups in total. The normalized spacial score (nSPS) is 17.6. The molecule has 3 rings (SSSR count). The lowest BCUT2D eigenvalue weighted by atomic mass is 9.71. The van der Waals surface area contributed by atoms with E-state index in [0.717, 1.165) is 23.5 Å². The van der Waals surface area contributed by atoms with Gasteiger partial charge in [-0.3, -0.25) is 0 Å². The van der Waals surface area contributed by atoms with Crippen LogP contribution >= 0.6 is 0 Å². The van der Waals surface area contributed by atoms with E-state index in [1.807, 2.05) is 19.2 Å². The van der Waals surface area contributed by atoms with E-state index >= 15 is 0 Å². The molecule has 3 nitrogen and oxygen atoms in total. The Morgan fingerprint density at radius 3 is 2.57 bits per heavy atom. The van der Waals surface area contributed by atoms with Gasteiger partial charge in [0.15, 0.2) is 0 Å². The minimum Gasteiger partial charge on any atom is -0.497 e. The van der Waals surface area contributed by atoms with Crippen molar-refractivity contribution < 1.29 is 9.47 Å². The molecule has 2 atom stereocenters. The van der Waals surface area contributed by atoms with Crippen molar-refractivity contribution in [3.05, 3.63) is 59.2 Å². The summed E-state index contributed by atoms with van der Waals surface area (Å²) in [5, 5.41) is 3.45. The summed E-state index contributed by atoms with van der Waals surface area (Å²) in [6.07, 6.45) is 1.10. The highest BCUT2D eigenvalue weighted by molar-refractivity contribution is 5.48. The van der Waals surface area contributed by atoms with Gasteiger partial charge in [-0.1, -0.05) is 24.3 Å². The highest BCUT2D eigenvalue weighted by Gasteiger charge is 2.34. The lowest BCUT2D eigenvalue weighted by Crippen LogP contribution is -2.31. The van der Waals surface area contributed by atoms with Crippen molar-refractivity contribution in [2.45, 2.75) is 18.4 Å². The summed E-state index contributed by atoms with van der Waals surface area (Å²) in [5.74, 6) is 2.24. The average molecular weight is 283 g/mol. The fourth-order valence-corrected chi connectivity index (χ4v) is 3.25. The molecule has 0 saturated carbocycles. The maximum atomic E-state index is 5.54. The van der Waals surface area contributed by atoms with Crippen LogP contribution in [0.25, 0.3) is 0 Å². The molecule has 0 heterocycles. The summed E-state index contributed by atoms with van der Waals surface area (Å²) in [4.78, 5) is 0. The summed E-state index contributed by atoms with van der Waals surface area (Å²) in [5.41, 5.74) is 4.03. The lowest BCUT2D eigenvalue weighted by Gasteiger charge is -2.37. The molecular formula is C18H21NO2.